The number of hydrogen-bond donors (Lipinski definition) is 0. The van der Waals surface area contributed by atoms with Crippen molar-refractivity contribution in [1.29, 1.82) is 0 Å². The molecule has 1 heterocycles. The molecular formula is C45H71O11Si3. The van der Waals surface area contributed by atoms with E-state index in [9.17, 15) is 14.4 Å². The summed E-state index contributed by atoms with van der Waals surface area (Å²) in [6.07, 6.45) is -4.03. The second-order valence-corrected chi connectivity index (χ2v) is 29.9. The lowest BCUT2D eigenvalue weighted by Crippen LogP contribution is -2.82. The van der Waals surface area contributed by atoms with Gasteiger partial charge in [0.25, 0.3) is 0 Å². The molecule has 3 fully saturated rings. The lowest BCUT2D eigenvalue weighted by atomic mass is 9.44. The molecule has 5 rings (SSSR count). The molecule has 11 nitrogen and oxygen atoms in total. The van der Waals surface area contributed by atoms with Crippen LogP contribution >= 0.6 is 0 Å². The molecule has 4 aliphatic rings. The number of ether oxygens (including phenoxy) is 4. The molecule has 3 aliphatic carbocycles. The van der Waals surface area contributed by atoms with Crippen LogP contribution in [0.4, 0.5) is 0 Å². The smallest absolute Gasteiger partial charge is 0.338 e. The molecule has 2 saturated carbocycles. The van der Waals surface area contributed by atoms with Gasteiger partial charge in [-0.1, -0.05) is 73.6 Å². The quantitative estimate of drug-likeness (QED) is 0.0683. The summed E-state index contributed by atoms with van der Waals surface area (Å²) in [5, 5.41) is 0. The Bertz CT molecular complexity index is 1740. The molecule has 0 aromatic heterocycles. The van der Waals surface area contributed by atoms with Crippen molar-refractivity contribution in [3.05, 3.63) is 47.0 Å². The van der Waals surface area contributed by atoms with Crippen molar-refractivity contribution < 1.29 is 51.4 Å². The van der Waals surface area contributed by atoms with E-state index in [4.69, 9.17) is 32.2 Å². The third-order valence-electron chi connectivity index (χ3n) is 15.1. The highest BCUT2D eigenvalue weighted by molar-refractivity contribution is 6.74. The molecule has 14 heteroatoms. The molecule has 0 amide bonds. The Morgan fingerprint density at radius 3 is 1.86 bits per heavy atom. The van der Waals surface area contributed by atoms with Crippen LogP contribution in [0, 0.1) is 16.7 Å². The summed E-state index contributed by atoms with van der Waals surface area (Å²) in [5.74, 6) is -3.19. The van der Waals surface area contributed by atoms with Crippen LogP contribution in [0.25, 0.3) is 0 Å². The summed E-state index contributed by atoms with van der Waals surface area (Å²) >= 11 is 0. The topological polar surface area (TPSA) is 133 Å². The number of carbonyl (C=O) groups excluding carboxylic acids is 4. The van der Waals surface area contributed by atoms with Gasteiger partial charge in [0.05, 0.1) is 35.7 Å². The first-order valence-electron chi connectivity index (χ1n) is 22.0. The average Bonchev–Trinajstić information content (AvgIpc) is 3.19. The third-order valence-corrected chi connectivity index (χ3v) is 25.2. The maximum Gasteiger partial charge on any atom is 0.338 e. The zero-order chi connectivity index (χ0) is 43.9. The molecule has 1 aromatic rings. The van der Waals surface area contributed by atoms with Gasteiger partial charge in [-0.3, -0.25) is 14.4 Å². The molecule has 0 spiro atoms. The highest BCUT2D eigenvalue weighted by atomic mass is 28.4. The van der Waals surface area contributed by atoms with Crippen molar-refractivity contribution >= 4 is 49.4 Å². The van der Waals surface area contributed by atoms with Crippen LogP contribution in [0.2, 0.25) is 49.4 Å². The molecule has 9 atom stereocenters. The molecule has 2 bridgehead atoms. The fraction of sp³-hybridized carbons (Fsp3) is 0.733. The predicted octanol–water partition coefficient (Wildman–Crippen LogP) is 8.99. The van der Waals surface area contributed by atoms with Gasteiger partial charge in [-0.05, 0) is 86.5 Å². The van der Waals surface area contributed by atoms with Crippen LogP contribution in [-0.2, 0) is 46.6 Å². The van der Waals surface area contributed by atoms with Crippen LogP contribution < -0.4 is 0 Å². The van der Waals surface area contributed by atoms with E-state index in [-0.39, 0.29) is 25.2 Å². The molecule has 1 saturated heterocycles. The van der Waals surface area contributed by atoms with Crippen LogP contribution in [-0.4, -0.2) is 97.7 Å². The van der Waals surface area contributed by atoms with Crippen molar-refractivity contribution in [3.8, 4) is 0 Å². The van der Waals surface area contributed by atoms with Gasteiger partial charge >= 0.3 is 17.9 Å². The standard InChI is InChI=1S/C45H71O11Si3/c1-15-58(16-2,17-3)54-33-27-45(56-57(13)14)40(52-41(49)32-24-22-21-23-25-32)38-43(12,39(48)37(51-30(8)46)36(29(33)7)42(45,10)11)34(55-59(18-4,19-5)20-6)26-35-44(38,28-50-35)53-31(9)47/h21-25,33-35,37-38,40H,15-20,26-28H2,1-14H3/t33-,34-,35+,37+,38-,40-,43+,44-,45+/m0/s1. The van der Waals surface area contributed by atoms with Gasteiger partial charge in [0.1, 0.15) is 17.8 Å². The second kappa shape index (κ2) is 17.7. The Hall–Kier alpha value is -2.47. The number of fused-ring (bicyclic) bond motifs is 5. The predicted molar refractivity (Wildman–Crippen MR) is 233 cm³/mol. The van der Waals surface area contributed by atoms with Crippen molar-refractivity contribution in [2.45, 2.75) is 187 Å². The highest BCUT2D eigenvalue weighted by Gasteiger charge is 2.79. The van der Waals surface area contributed by atoms with Crippen molar-refractivity contribution in [2.75, 3.05) is 6.61 Å². The zero-order valence-electron chi connectivity index (χ0n) is 38.2. The Morgan fingerprint density at radius 2 is 1.39 bits per heavy atom. The van der Waals surface area contributed by atoms with Crippen molar-refractivity contribution in [1.82, 2.24) is 0 Å². The Kier molecular flexibility index (Phi) is 14.3. The average molecular weight is 872 g/mol. The van der Waals surface area contributed by atoms with Crippen molar-refractivity contribution in [2.24, 2.45) is 16.7 Å². The van der Waals surface area contributed by atoms with E-state index in [0.717, 1.165) is 41.8 Å². The van der Waals surface area contributed by atoms with E-state index in [1.165, 1.54) is 13.8 Å². The van der Waals surface area contributed by atoms with E-state index in [2.05, 4.69) is 54.6 Å². The number of Topliss-reactive ketones (excluding diaryl/α,β-unsaturated/α-hetero) is 1. The van der Waals surface area contributed by atoms with E-state index >= 15 is 4.79 Å². The monoisotopic (exact) mass is 871 g/mol. The first-order valence-corrected chi connectivity index (χ1v) is 29.5. The Balaban J connectivity index is 1.99. The van der Waals surface area contributed by atoms with E-state index < -0.39 is 102 Å². The highest BCUT2D eigenvalue weighted by Crippen LogP contribution is 2.66. The first-order chi connectivity index (χ1) is 27.7. The van der Waals surface area contributed by atoms with Crippen LogP contribution in [0.5, 0.6) is 0 Å². The van der Waals surface area contributed by atoms with E-state index in [0.29, 0.717) is 11.1 Å². The molecule has 59 heavy (non-hydrogen) atoms. The minimum Gasteiger partial charge on any atom is -0.455 e. The molecule has 0 N–H and O–H groups in total. The molecular weight excluding hydrogens is 801 g/mol. The largest absolute Gasteiger partial charge is 0.455 e. The molecule has 1 aromatic carbocycles. The lowest BCUT2D eigenvalue weighted by molar-refractivity contribution is -0.343. The Morgan fingerprint density at radius 1 is 0.831 bits per heavy atom. The number of hydrogen-bond acceptors (Lipinski definition) is 11. The van der Waals surface area contributed by atoms with Gasteiger partial charge in [-0.15, -0.1) is 0 Å². The van der Waals surface area contributed by atoms with Gasteiger partial charge in [-0.2, -0.15) is 0 Å². The summed E-state index contributed by atoms with van der Waals surface area (Å²) < 4.78 is 48.8. The van der Waals surface area contributed by atoms with E-state index in [1.807, 2.05) is 33.8 Å². The number of benzene rings is 1. The molecule has 1 radical (unpaired) electrons. The third kappa shape index (κ3) is 7.94. The summed E-state index contributed by atoms with van der Waals surface area (Å²) in [4.78, 5) is 58.2. The van der Waals surface area contributed by atoms with Gasteiger partial charge < -0.3 is 32.2 Å². The minimum absolute atomic E-state index is 0.0290. The van der Waals surface area contributed by atoms with Gasteiger partial charge in [0.15, 0.2) is 34.1 Å². The number of esters is 3. The van der Waals surface area contributed by atoms with Crippen LogP contribution in [0.15, 0.2) is 41.5 Å². The summed E-state index contributed by atoms with van der Waals surface area (Å²) in [6, 6.07) is 13.9. The summed E-state index contributed by atoms with van der Waals surface area (Å²) in [7, 11) is -6.49. The SMILES string of the molecule is CC[Si](CC)(CC)O[C@H]1C[C@@]2(O[Si](C)C)[C@@H](OC(=O)c3ccccc3)[C@@H]3[C@]4(OC(C)=O)CO[C@@H]4C[C@H](O[Si](CC)(CC)CC)[C@@]3(C)C(=O)[C@H](OC(C)=O)C(=C1C)C2(C)C. The van der Waals surface area contributed by atoms with Crippen LogP contribution in [0.1, 0.15) is 106 Å². The minimum atomic E-state index is -2.48. The molecule has 329 valence electrons. The maximum absolute atomic E-state index is 16.4. The fourth-order valence-electron chi connectivity index (χ4n) is 11.3. The maximum atomic E-state index is 16.4. The summed E-state index contributed by atoms with van der Waals surface area (Å²) in [6.45, 7) is 27.6. The summed E-state index contributed by atoms with van der Waals surface area (Å²) in [5.41, 5.74) is -3.72. The lowest BCUT2D eigenvalue weighted by Gasteiger charge is -2.69. The Labute approximate surface area is 357 Å². The number of carbonyl (C=O) groups is 4. The van der Waals surface area contributed by atoms with Gasteiger partial charge in [-0.25, -0.2) is 4.79 Å². The van der Waals surface area contributed by atoms with E-state index in [1.54, 1.807) is 24.3 Å². The van der Waals surface area contributed by atoms with Crippen molar-refractivity contribution in [3.63, 3.8) is 0 Å². The normalized spacial score (nSPS) is 32.9. The first kappa shape index (κ1) is 47.6. The second-order valence-electron chi connectivity index (χ2n) is 18.4. The number of rotatable bonds is 16. The van der Waals surface area contributed by atoms with Crippen LogP contribution in [0.3, 0.4) is 0 Å². The number of ketones is 1. The van der Waals surface area contributed by atoms with Gasteiger partial charge in [0.2, 0.25) is 9.04 Å². The molecule has 1 aliphatic heterocycles. The molecule has 0 unspecified atom stereocenters. The zero-order valence-corrected chi connectivity index (χ0v) is 41.2. The van der Waals surface area contributed by atoms with Gasteiger partial charge in [0, 0.05) is 32.1 Å². The fourth-order valence-corrected chi connectivity index (χ4v) is 18.3.